The van der Waals surface area contributed by atoms with Crippen molar-refractivity contribution in [2.75, 3.05) is 17.9 Å². The lowest BCUT2D eigenvalue weighted by atomic mass is 10.0. The molecule has 3 aromatic rings. The zero-order valence-corrected chi connectivity index (χ0v) is 18.8. The number of hydrogen-bond acceptors (Lipinski definition) is 5. The maximum absolute atomic E-state index is 14.7. The highest BCUT2D eigenvalue weighted by Gasteiger charge is 2.26. The molecule has 0 fully saturated rings. The van der Waals surface area contributed by atoms with E-state index >= 15 is 0 Å². The molecule has 0 atom stereocenters. The molecule has 0 unspecified atom stereocenters. The molecule has 0 saturated heterocycles. The lowest BCUT2D eigenvalue weighted by molar-refractivity contribution is 0.0947. The number of carbonyl (C=O) groups is 1. The Morgan fingerprint density at radius 1 is 1.00 bits per heavy atom. The number of amides is 1. The Balaban J connectivity index is 1.95. The largest absolute Gasteiger partial charge is 0.505 e. The summed E-state index contributed by atoms with van der Waals surface area (Å²) in [5.41, 5.74) is -0.840. The third-order valence-electron chi connectivity index (χ3n) is 4.76. The minimum absolute atomic E-state index is 0.00310. The van der Waals surface area contributed by atoms with Crippen LogP contribution in [0.3, 0.4) is 0 Å². The average molecular weight is 515 g/mol. The minimum atomic E-state index is -4.66. The second kappa shape index (κ2) is 8.69. The van der Waals surface area contributed by atoms with Crippen LogP contribution in [0.15, 0.2) is 47.4 Å². The molecule has 4 bridgehead atoms. The molecule has 0 aliphatic carbocycles. The van der Waals surface area contributed by atoms with Crippen molar-refractivity contribution in [2.24, 2.45) is 0 Å². The molecule has 172 valence electrons. The van der Waals surface area contributed by atoms with Gasteiger partial charge in [-0.25, -0.2) is 17.2 Å². The first kappa shape index (κ1) is 23.1. The van der Waals surface area contributed by atoms with E-state index in [1.807, 2.05) is 4.72 Å². The molecule has 1 heterocycles. The fourth-order valence-electron chi connectivity index (χ4n) is 3.21. The summed E-state index contributed by atoms with van der Waals surface area (Å²) in [6, 6.07) is 7.74. The van der Waals surface area contributed by atoms with E-state index in [4.69, 9.17) is 27.9 Å². The van der Waals surface area contributed by atoms with Gasteiger partial charge in [0.25, 0.3) is 15.9 Å². The second-order valence-electron chi connectivity index (χ2n) is 6.97. The molecule has 7 nitrogen and oxygen atoms in total. The average Bonchev–Trinajstić information content (AvgIpc) is 2.75. The Hall–Kier alpha value is -3.08. The number of nitrogens with one attached hydrogen (secondary N) is 2. The Morgan fingerprint density at radius 3 is 2.52 bits per heavy atom. The van der Waals surface area contributed by atoms with Gasteiger partial charge in [0.2, 0.25) is 0 Å². The lowest BCUT2D eigenvalue weighted by Crippen LogP contribution is -2.28. The molecule has 12 heteroatoms. The van der Waals surface area contributed by atoms with Crippen LogP contribution < -0.4 is 14.8 Å². The number of benzene rings is 3. The molecule has 3 N–H and O–H groups in total. The molecule has 0 radical (unpaired) electrons. The number of rotatable bonds is 0. The quantitative estimate of drug-likeness (QED) is 0.407. The number of hydrogen-bond donors (Lipinski definition) is 3. The van der Waals surface area contributed by atoms with E-state index in [1.54, 1.807) is 0 Å². The number of fused-ring (bicyclic) bond motifs is 6. The highest BCUT2D eigenvalue weighted by molar-refractivity contribution is 7.92. The van der Waals surface area contributed by atoms with E-state index in [9.17, 15) is 27.1 Å². The summed E-state index contributed by atoms with van der Waals surface area (Å²) < 4.78 is 62.8. The molecule has 1 aliphatic heterocycles. The Kier molecular flexibility index (Phi) is 6.08. The zero-order valence-electron chi connectivity index (χ0n) is 16.5. The molecule has 33 heavy (non-hydrogen) atoms. The summed E-state index contributed by atoms with van der Waals surface area (Å²) in [4.78, 5) is 11.7. The third-order valence-corrected chi connectivity index (χ3v) is 6.66. The van der Waals surface area contributed by atoms with Crippen molar-refractivity contribution in [3.63, 3.8) is 0 Å². The predicted octanol–water partition coefficient (Wildman–Crippen LogP) is 4.57. The Morgan fingerprint density at radius 2 is 1.76 bits per heavy atom. The molecular weight excluding hydrogens is 501 g/mol. The van der Waals surface area contributed by atoms with Crippen LogP contribution in [0.5, 0.6) is 11.5 Å². The van der Waals surface area contributed by atoms with Crippen molar-refractivity contribution in [3.05, 3.63) is 69.7 Å². The van der Waals surface area contributed by atoms with Gasteiger partial charge in [-0.2, -0.15) is 0 Å². The molecule has 3 aromatic carbocycles. The standard InChI is InChI=1S/C21H14Cl2F2N2O5S/c22-11-1-2-18-13(7-11)12-8-17(16(25)9-15(12)24)27-33(30,31)19-6-10(5-14(23)20(19)28)21(29)26-3-4-32-18/h1-2,5-9,27-28H,3-4H2,(H,26,29). The number of aromatic hydroxyl groups is 1. The van der Waals surface area contributed by atoms with Crippen LogP contribution in [0.25, 0.3) is 11.1 Å². The van der Waals surface area contributed by atoms with Gasteiger partial charge in [-0.15, -0.1) is 0 Å². The van der Waals surface area contributed by atoms with Crippen LogP contribution in [0.4, 0.5) is 14.5 Å². The highest BCUT2D eigenvalue weighted by atomic mass is 35.5. The van der Waals surface area contributed by atoms with Crippen molar-refractivity contribution < 1.29 is 31.8 Å². The summed E-state index contributed by atoms with van der Waals surface area (Å²) in [5.74, 6) is -3.57. The van der Waals surface area contributed by atoms with Crippen LogP contribution in [0.2, 0.25) is 10.0 Å². The topological polar surface area (TPSA) is 105 Å². The summed E-state index contributed by atoms with van der Waals surface area (Å²) in [6.07, 6.45) is 0. The number of phenolic OH excluding ortho intramolecular Hbond substituents is 1. The van der Waals surface area contributed by atoms with E-state index in [2.05, 4.69) is 5.32 Å². The monoisotopic (exact) mass is 514 g/mol. The molecule has 0 spiro atoms. The normalized spacial score (nSPS) is 15.2. The van der Waals surface area contributed by atoms with Crippen LogP contribution in [0.1, 0.15) is 10.4 Å². The number of anilines is 1. The van der Waals surface area contributed by atoms with Gasteiger partial charge in [0.05, 0.1) is 17.3 Å². The van der Waals surface area contributed by atoms with Crippen molar-refractivity contribution in [1.82, 2.24) is 5.32 Å². The fraction of sp³-hybridized carbons (Fsp3) is 0.0952. The van der Waals surface area contributed by atoms with Crippen LogP contribution in [-0.4, -0.2) is 32.6 Å². The van der Waals surface area contributed by atoms with Crippen molar-refractivity contribution >= 4 is 44.8 Å². The van der Waals surface area contributed by atoms with E-state index < -0.39 is 48.9 Å². The van der Waals surface area contributed by atoms with Gasteiger partial charge in [0.1, 0.15) is 28.9 Å². The van der Waals surface area contributed by atoms with Gasteiger partial charge < -0.3 is 15.2 Å². The van der Waals surface area contributed by atoms with Gasteiger partial charge in [-0.3, -0.25) is 9.52 Å². The Labute approximate surface area is 197 Å². The van der Waals surface area contributed by atoms with Gasteiger partial charge in [-0.05, 0) is 36.4 Å². The molecule has 1 amide bonds. The number of phenols is 1. The summed E-state index contributed by atoms with van der Waals surface area (Å²) >= 11 is 12.0. The number of carbonyl (C=O) groups excluding carboxylic acids is 1. The van der Waals surface area contributed by atoms with Crippen LogP contribution in [-0.2, 0) is 10.0 Å². The number of halogens is 4. The molecule has 1 aliphatic rings. The van der Waals surface area contributed by atoms with Gasteiger partial charge in [-0.1, -0.05) is 23.2 Å². The first-order valence-corrected chi connectivity index (χ1v) is 11.6. The predicted molar refractivity (Wildman–Crippen MR) is 119 cm³/mol. The first-order valence-electron chi connectivity index (χ1n) is 9.32. The van der Waals surface area contributed by atoms with E-state index in [0.717, 1.165) is 18.2 Å². The Bertz CT molecular complexity index is 1400. The van der Waals surface area contributed by atoms with Crippen molar-refractivity contribution in [3.8, 4) is 22.6 Å². The van der Waals surface area contributed by atoms with Gasteiger partial charge in [0, 0.05) is 27.8 Å². The van der Waals surface area contributed by atoms with E-state index in [-0.39, 0.29) is 40.6 Å². The van der Waals surface area contributed by atoms with Gasteiger partial charge >= 0.3 is 0 Å². The van der Waals surface area contributed by atoms with E-state index in [1.165, 1.54) is 18.2 Å². The molecule has 0 saturated carbocycles. The van der Waals surface area contributed by atoms with Gasteiger partial charge in [0.15, 0.2) is 5.75 Å². The number of sulfonamides is 1. The second-order valence-corrected chi connectivity index (χ2v) is 9.46. The maximum Gasteiger partial charge on any atom is 0.265 e. The third kappa shape index (κ3) is 4.54. The molecule has 0 aromatic heterocycles. The summed E-state index contributed by atoms with van der Waals surface area (Å²) in [6.45, 7) is -0.0395. The SMILES string of the molecule is O=C1NCCOc2ccc(Cl)cc2-c2cc(c(F)cc2F)NS(=O)(=O)c2cc1cc(Cl)c2O. The fourth-order valence-corrected chi connectivity index (χ4v) is 4.86. The lowest BCUT2D eigenvalue weighted by Gasteiger charge is -2.15. The smallest absolute Gasteiger partial charge is 0.265 e. The van der Waals surface area contributed by atoms with E-state index in [0.29, 0.717) is 6.07 Å². The van der Waals surface area contributed by atoms with Crippen molar-refractivity contribution in [1.29, 1.82) is 0 Å². The summed E-state index contributed by atoms with van der Waals surface area (Å²) in [7, 11) is -4.66. The zero-order chi connectivity index (χ0) is 23.9. The summed E-state index contributed by atoms with van der Waals surface area (Å²) in [5, 5.41) is 12.5. The van der Waals surface area contributed by atoms with Crippen LogP contribution in [0, 0.1) is 11.6 Å². The highest BCUT2D eigenvalue weighted by Crippen LogP contribution is 2.38. The molecule has 4 rings (SSSR count). The molecular formula is C21H14Cl2F2N2O5S. The first-order chi connectivity index (χ1) is 15.6. The minimum Gasteiger partial charge on any atom is -0.505 e. The van der Waals surface area contributed by atoms with Crippen LogP contribution >= 0.6 is 23.2 Å². The maximum atomic E-state index is 14.7. The van der Waals surface area contributed by atoms with Crippen molar-refractivity contribution in [2.45, 2.75) is 4.90 Å². The number of ether oxygens (including phenoxy) is 1.